The van der Waals surface area contributed by atoms with E-state index in [0.29, 0.717) is 28.7 Å². The van der Waals surface area contributed by atoms with Gasteiger partial charge in [0, 0.05) is 50.6 Å². The van der Waals surface area contributed by atoms with Gasteiger partial charge in [0.05, 0.1) is 11.4 Å². The normalized spacial score (nSPS) is 13.9. The molecule has 3 aromatic rings. The fourth-order valence-corrected chi connectivity index (χ4v) is 2.96. The molecule has 1 aliphatic rings. The number of rotatable bonds is 7. The van der Waals surface area contributed by atoms with Gasteiger partial charge in [-0.1, -0.05) is 0 Å². The maximum Gasteiger partial charge on any atom is 0.303 e. The van der Waals surface area contributed by atoms with Crippen molar-refractivity contribution in [3.8, 4) is 11.3 Å². The van der Waals surface area contributed by atoms with Crippen LogP contribution in [0.25, 0.3) is 11.3 Å². The molecule has 2 N–H and O–H groups in total. The minimum Gasteiger partial charge on any atom is -0.339 e. The Morgan fingerprint density at radius 1 is 1.27 bits per heavy atom. The Morgan fingerprint density at radius 2 is 2.07 bits per heavy atom. The van der Waals surface area contributed by atoms with E-state index in [0.717, 1.165) is 13.5 Å². The third-order valence-electron chi connectivity index (χ3n) is 4.58. The van der Waals surface area contributed by atoms with Gasteiger partial charge in [-0.2, -0.15) is 13.9 Å². The highest BCUT2D eigenvalue weighted by atomic mass is 19.3. The molecule has 1 aliphatic carbocycles. The van der Waals surface area contributed by atoms with Gasteiger partial charge < -0.3 is 10.6 Å². The number of carbonyl (C=O) groups excluding carboxylic acids is 1. The maximum atomic E-state index is 13.6. The van der Waals surface area contributed by atoms with Crippen LogP contribution in [-0.2, 0) is 17.3 Å². The second-order valence-corrected chi connectivity index (χ2v) is 7.44. The molecular weight excluding hydrogens is 392 g/mol. The van der Waals surface area contributed by atoms with Crippen molar-refractivity contribution < 1.29 is 13.6 Å². The van der Waals surface area contributed by atoms with Gasteiger partial charge in [0.2, 0.25) is 11.7 Å². The molecule has 4 rings (SSSR count). The van der Waals surface area contributed by atoms with Crippen LogP contribution in [0.5, 0.6) is 0 Å². The molecule has 8 nitrogen and oxygen atoms in total. The van der Waals surface area contributed by atoms with Crippen molar-refractivity contribution in [2.45, 2.75) is 39.2 Å². The Kier molecular flexibility index (Phi) is 5.15. The van der Waals surface area contributed by atoms with Gasteiger partial charge in [-0.3, -0.25) is 9.48 Å². The molecule has 0 atom stereocenters. The first-order valence-electron chi connectivity index (χ1n) is 9.58. The monoisotopic (exact) mass is 413 g/mol. The van der Waals surface area contributed by atoms with Crippen LogP contribution in [-0.4, -0.2) is 30.6 Å². The fourth-order valence-electron chi connectivity index (χ4n) is 2.96. The first-order valence-corrected chi connectivity index (χ1v) is 9.58. The lowest BCUT2D eigenvalue weighted by molar-refractivity contribution is -0.114. The number of aromatic nitrogens is 5. The number of hydrogen-bond donors (Lipinski definition) is 2. The first kappa shape index (κ1) is 19.9. The Morgan fingerprint density at radius 3 is 2.77 bits per heavy atom. The molecule has 30 heavy (non-hydrogen) atoms. The number of amides is 1. The zero-order valence-corrected chi connectivity index (χ0v) is 16.6. The third kappa shape index (κ3) is 4.76. The van der Waals surface area contributed by atoms with Gasteiger partial charge in [0.15, 0.2) is 0 Å². The Labute approximate surface area is 171 Å². The van der Waals surface area contributed by atoms with Crippen molar-refractivity contribution in [2.75, 3.05) is 10.6 Å². The summed E-state index contributed by atoms with van der Waals surface area (Å²) in [4.78, 5) is 23.2. The number of carbonyl (C=O) groups is 1. The maximum absolute atomic E-state index is 13.6. The molecule has 0 unspecified atom stereocenters. The van der Waals surface area contributed by atoms with Gasteiger partial charge in [-0.25, -0.2) is 15.0 Å². The summed E-state index contributed by atoms with van der Waals surface area (Å²) in [6.07, 6.45) is 7.18. The molecule has 0 aromatic carbocycles. The predicted molar refractivity (Wildman–Crippen MR) is 107 cm³/mol. The van der Waals surface area contributed by atoms with E-state index in [1.54, 1.807) is 12.3 Å². The number of halogens is 2. The van der Waals surface area contributed by atoms with Gasteiger partial charge >= 0.3 is 5.92 Å². The highest BCUT2D eigenvalue weighted by Crippen LogP contribution is 2.33. The van der Waals surface area contributed by atoms with Gasteiger partial charge in [-0.15, -0.1) is 0 Å². The molecule has 10 heteroatoms. The zero-order chi connectivity index (χ0) is 21.3. The molecule has 156 valence electrons. The summed E-state index contributed by atoms with van der Waals surface area (Å²) in [5.41, 5.74) is 1.85. The second-order valence-electron chi connectivity index (χ2n) is 7.44. The fraction of sp³-hybridized carbons (Fsp3) is 0.350. The van der Waals surface area contributed by atoms with Crippen molar-refractivity contribution in [3.05, 3.63) is 42.6 Å². The van der Waals surface area contributed by atoms with Crippen LogP contribution in [0.3, 0.4) is 0 Å². The van der Waals surface area contributed by atoms with Gasteiger partial charge in [0.25, 0.3) is 0 Å². The first-order chi connectivity index (χ1) is 14.3. The predicted octanol–water partition coefficient (Wildman–Crippen LogP) is 3.96. The van der Waals surface area contributed by atoms with E-state index in [1.165, 1.54) is 32.0 Å². The van der Waals surface area contributed by atoms with E-state index in [1.807, 2.05) is 16.9 Å². The summed E-state index contributed by atoms with van der Waals surface area (Å²) in [7, 11) is 0. The average Bonchev–Trinajstić information content (AvgIpc) is 3.36. The lowest BCUT2D eigenvalue weighted by Gasteiger charge is -2.14. The number of pyridine rings is 1. The SMILES string of the molecule is CC(=O)Nc1cc(Nc2ccnc(C(C)(F)F)n2)c(-c2ccn(CC3CC3)n2)cn1. The van der Waals surface area contributed by atoms with Crippen LogP contribution in [0.4, 0.5) is 26.1 Å². The van der Waals surface area contributed by atoms with E-state index < -0.39 is 11.7 Å². The number of nitrogens with zero attached hydrogens (tertiary/aromatic N) is 5. The molecule has 1 fully saturated rings. The number of nitrogens with one attached hydrogen (secondary N) is 2. The van der Waals surface area contributed by atoms with Gasteiger partial charge in [-0.05, 0) is 30.9 Å². The summed E-state index contributed by atoms with van der Waals surface area (Å²) < 4.78 is 29.1. The molecule has 0 aliphatic heterocycles. The molecule has 3 aromatic heterocycles. The summed E-state index contributed by atoms with van der Waals surface area (Å²) in [5.74, 6) is -2.84. The zero-order valence-electron chi connectivity index (χ0n) is 16.6. The van der Waals surface area contributed by atoms with E-state index in [9.17, 15) is 13.6 Å². The average molecular weight is 413 g/mol. The van der Waals surface area contributed by atoms with E-state index in [2.05, 4.69) is 30.7 Å². The van der Waals surface area contributed by atoms with Crippen LogP contribution >= 0.6 is 0 Å². The lowest BCUT2D eigenvalue weighted by Crippen LogP contribution is -2.13. The minimum atomic E-state index is -3.16. The van der Waals surface area contributed by atoms with E-state index in [-0.39, 0.29) is 11.7 Å². The van der Waals surface area contributed by atoms with Crippen LogP contribution in [0.15, 0.2) is 36.8 Å². The summed E-state index contributed by atoms with van der Waals surface area (Å²) in [6, 6.07) is 4.97. The molecular formula is C20H21F2N7O. The van der Waals surface area contributed by atoms with Crippen molar-refractivity contribution >= 4 is 23.2 Å². The number of anilines is 3. The van der Waals surface area contributed by atoms with Crippen LogP contribution in [0.1, 0.15) is 32.5 Å². The molecule has 1 saturated carbocycles. The highest BCUT2D eigenvalue weighted by Gasteiger charge is 2.28. The molecule has 0 bridgehead atoms. The van der Waals surface area contributed by atoms with Crippen LogP contribution in [0, 0.1) is 5.92 Å². The van der Waals surface area contributed by atoms with Crippen molar-refractivity contribution in [1.82, 2.24) is 24.7 Å². The molecule has 3 heterocycles. The number of hydrogen-bond acceptors (Lipinski definition) is 6. The topological polar surface area (TPSA) is 97.6 Å². The Balaban J connectivity index is 1.68. The van der Waals surface area contributed by atoms with Crippen molar-refractivity contribution in [1.29, 1.82) is 0 Å². The standard InChI is InChI=1S/C20H21F2N7O/c1-12(30)25-18-9-16(26-17-5-7-23-19(27-17)20(2,21)22)14(10-24-18)15-6-8-29(28-15)11-13-3-4-13/h5-10,13H,3-4,11H2,1-2H3,(H2,23,24,25,26,27,30). The highest BCUT2D eigenvalue weighted by molar-refractivity contribution is 5.89. The molecule has 1 amide bonds. The van der Waals surface area contributed by atoms with Crippen LogP contribution < -0.4 is 10.6 Å². The number of alkyl halides is 2. The summed E-state index contributed by atoms with van der Waals surface area (Å²) in [5, 5.41) is 10.3. The Hall–Kier alpha value is -3.43. The third-order valence-corrected chi connectivity index (χ3v) is 4.58. The van der Waals surface area contributed by atoms with E-state index in [4.69, 9.17) is 0 Å². The Bertz CT molecular complexity index is 1070. The van der Waals surface area contributed by atoms with E-state index >= 15 is 0 Å². The quantitative estimate of drug-likeness (QED) is 0.609. The summed E-state index contributed by atoms with van der Waals surface area (Å²) in [6.45, 7) is 2.98. The van der Waals surface area contributed by atoms with Gasteiger partial charge in [0.1, 0.15) is 11.6 Å². The second kappa shape index (κ2) is 7.77. The van der Waals surface area contributed by atoms with Crippen LogP contribution in [0.2, 0.25) is 0 Å². The lowest BCUT2D eigenvalue weighted by atomic mass is 10.1. The van der Waals surface area contributed by atoms with Crippen molar-refractivity contribution in [3.63, 3.8) is 0 Å². The molecule has 0 spiro atoms. The molecule has 0 saturated heterocycles. The van der Waals surface area contributed by atoms with Crippen molar-refractivity contribution in [2.24, 2.45) is 5.92 Å². The largest absolute Gasteiger partial charge is 0.339 e. The minimum absolute atomic E-state index is 0.195. The molecule has 0 radical (unpaired) electrons. The summed E-state index contributed by atoms with van der Waals surface area (Å²) >= 11 is 0. The smallest absolute Gasteiger partial charge is 0.303 e.